The normalized spacial score (nSPS) is 11.9. The Morgan fingerprint density at radius 3 is 2.81 bits per heavy atom. The van der Waals surface area contributed by atoms with Gasteiger partial charge in [-0.05, 0) is 19.1 Å². The van der Waals surface area contributed by atoms with E-state index in [2.05, 4.69) is 5.10 Å². The zero-order valence-electron chi connectivity index (χ0n) is 11.6. The molecular formula is C14H15N3O4. The molecule has 0 amide bonds. The first-order chi connectivity index (χ1) is 9.99. The van der Waals surface area contributed by atoms with Crippen molar-refractivity contribution in [3.05, 3.63) is 29.8 Å². The number of carboxylic acids is 1. The molecule has 1 atom stereocenters. The van der Waals surface area contributed by atoms with Gasteiger partial charge in [-0.2, -0.15) is 5.10 Å². The number of ether oxygens (including phenoxy) is 1. The largest absolute Gasteiger partial charge is 0.497 e. The SMILES string of the molecule is COc1cccc(-c2nn(C(C)C(=O)O)c(N)c2C=O)c1. The van der Waals surface area contributed by atoms with E-state index < -0.39 is 12.0 Å². The molecule has 3 N–H and O–H groups in total. The molecule has 1 heterocycles. The molecule has 0 spiro atoms. The van der Waals surface area contributed by atoms with E-state index in [1.165, 1.54) is 14.0 Å². The van der Waals surface area contributed by atoms with Crippen molar-refractivity contribution in [1.29, 1.82) is 0 Å². The molecule has 7 nitrogen and oxygen atoms in total. The molecular weight excluding hydrogens is 274 g/mol. The number of nitrogen functional groups attached to an aromatic ring is 1. The van der Waals surface area contributed by atoms with Crippen LogP contribution in [0.1, 0.15) is 23.3 Å². The van der Waals surface area contributed by atoms with E-state index in [4.69, 9.17) is 15.6 Å². The molecule has 0 aliphatic rings. The third-order valence-electron chi connectivity index (χ3n) is 3.17. The van der Waals surface area contributed by atoms with Gasteiger partial charge in [0, 0.05) is 5.56 Å². The van der Waals surface area contributed by atoms with Crippen molar-refractivity contribution in [2.75, 3.05) is 12.8 Å². The van der Waals surface area contributed by atoms with Gasteiger partial charge < -0.3 is 15.6 Å². The van der Waals surface area contributed by atoms with Crippen molar-refractivity contribution in [2.45, 2.75) is 13.0 Å². The number of hydrogen-bond acceptors (Lipinski definition) is 5. The first-order valence-corrected chi connectivity index (χ1v) is 6.20. The van der Waals surface area contributed by atoms with Gasteiger partial charge in [0.1, 0.15) is 23.3 Å². The maximum Gasteiger partial charge on any atom is 0.328 e. The van der Waals surface area contributed by atoms with Crippen molar-refractivity contribution in [2.24, 2.45) is 0 Å². The molecule has 21 heavy (non-hydrogen) atoms. The number of aliphatic carboxylic acids is 1. The van der Waals surface area contributed by atoms with Crippen molar-refractivity contribution in [3.63, 3.8) is 0 Å². The molecule has 1 unspecified atom stereocenters. The minimum atomic E-state index is -1.08. The second kappa shape index (κ2) is 5.66. The minimum Gasteiger partial charge on any atom is -0.497 e. The smallest absolute Gasteiger partial charge is 0.328 e. The van der Waals surface area contributed by atoms with Crippen LogP contribution >= 0.6 is 0 Å². The van der Waals surface area contributed by atoms with Gasteiger partial charge in [0.05, 0.1) is 12.7 Å². The van der Waals surface area contributed by atoms with E-state index >= 15 is 0 Å². The maximum atomic E-state index is 11.3. The zero-order chi connectivity index (χ0) is 15.6. The Morgan fingerprint density at radius 1 is 1.52 bits per heavy atom. The highest BCUT2D eigenvalue weighted by atomic mass is 16.5. The predicted octanol–water partition coefficient (Wildman–Crippen LogP) is 1.60. The van der Waals surface area contributed by atoms with E-state index in [1.807, 2.05) is 0 Å². The van der Waals surface area contributed by atoms with Crippen LogP contribution in [-0.4, -0.2) is 34.3 Å². The lowest BCUT2D eigenvalue weighted by Crippen LogP contribution is -2.18. The summed E-state index contributed by atoms with van der Waals surface area (Å²) in [5.74, 6) is -0.458. The highest BCUT2D eigenvalue weighted by molar-refractivity contribution is 5.92. The van der Waals surface area contributed by atoms with E-state index in [0.717, 1.165) is 4.68 Å². The highest BCUT2D eigenvalue weighted by Crippen LogP contribution is 2.29. The summed E-state index contributed by atoms with van der Waals surface area (Å²) in [5.41, 5.74) is 6.95. The second-order valence-electron chi connectivity index (χ2n) is 4.46. The van der Waals surface area contributed by atoms with Gasteiger partial charge in [-0.1, -0.05) is 12.1 Å². The van der Waals surface area contributed by atoms with Gasteiger partial charge >= 0.3 is 5.97 Å². The quantitative estimate of drug-likeness (QED) is 0.809. The van der Waals surface area contributed by atoms with Gasteiger partial charge in [0.25, 0.3) is 0 Å². The fourth-order valence-electron chi connectivity index (χ4n) is 1.96. The first kappa shape index (κ1) is 14.6. The van der Waals surface area contributed by atoms with E-state index in [0.29, 0.717) is 23.3 Å². The monoisotopic (exact) mass is 289 g/mol. The number of carbonyl (C=O) groups excluding carboxylic acids is 1. The molecule has 0 saturated heterocycles. The maximum absolute atomic E-state index is 11.3. The average molecular weight is 289 g/mol. The van der Waals surface area contributed by atoms with Crippen LogP contribution in [-0.2, 0) is 4.79 Å². The third kappa shape index (κ3) is 2.58. The Morgan fingerprint density at radius 2 is 2.24 bits per heavy atom. The van der Waals surface area contributed by atoms with Crippen LogP contribution in [0.2, 0.25) is 0 Å². The summed E-state index contributed by atoms with van der Waals surface area (Å²) in [6.07, 6.45) is 0.572. The summed E-state index contributed by atoms with van der Waals surface area (Å²) < 4.78 is 6.25. The number of carboxylic acid groups (broad SMARTS) is 1. The lowest BCUT2D eigenvalue weighted by atomic mass is 10.1. The summed E-state index contributed by atoms with van der Waals surface area (Å²) in [5, 5.41) is 13.2. The summed E-state index contributed by atoms with van der Waals surface area (Å²) in [7, 11) is 1.53. The van der Waals surface area contributed by atoms with Crippen molar-refractivity contribution >= 4 is 18.1 Å². The van der Waals surface area contributed by atoms with E-state index in [1.54, 1.807) is 24.3 Å². The third-order valence-corrected chi connectivity index (χ3v) is 3.17. The fourth-order valence-corrected chi connectivity index (χ4v) is 1.96. The Hall–Kier alpha value is -2.83. The molecule has 2 aromatic rings. The number of anilines is 1. The van der Waals surface area contributed by atoms with Crippen LogP contribution in [0.15, 0.2) is 24.3 Å². The number of aldehydes is 1. The molecule has 1 aromatic heterocycles. The number of carbonyl (C=O) groups is 2. The number of hydrogen-bond donors (Lipinski definition) is 2. The van der Waals surface area contributed by atoms with Crippen LogP contribution in [0.25, 0.3) is 11.3 Å². The molecule has 0 bridgehead atoms. The number of methoxy groups -OCH3 is 1. The molecule has 1 aromatic carbocycles. The summed E-state index contributed by atoms with van der Waals surface area (Å²) in [4.78, 5) is 22.3. The average Bonchev–Trinajstić information content (AvgIpc) is 2.83. The van der Waals surface area contributed by atoms with Crippen LogP contribution in [0.5, 0.6) is 5.75 Å². The fraction of sp³-hybridized carbons (Fsp3) is 0.214. The highest BCUT2D eigenvalue weighted by Gasteiger charge is 2.23. The Labute approximate surface area is 120 Å². The lowest BCUT2D eigenvalue weighted by molar-refractivity contribution is -0.140. The molecule has 0 radical (unpaired) electrons. The standard InChI is InChI=1S/C14H15N3O4/c1-8(14(19)20)17-13(15)11(7-18)12(16-17)9-4-3-5-10(6-9)21-2/h3-8H,15H2,1-2H3,(H,19,20). The number of aromatic nitrogens is 2. The summed E-state index contributed by atoms with van der Waals surface area (Å²) in [6, 6.07) is 5.98. The number of nitrogens with zero attached hydrogens (tertiary/aromatic N) is 2. The van der Waals surface area contributed by atoms with Crippen LogP contribution in [0.4, 0.5) is 5.82 Å². The predicted molar refractivity (Wildman–Crippen MR) is 76.4 cm³/mol. The molecule has 0 saturated carbocycles. The van der Waals surface area contributed by atoms with Crippen LogP contribution in [0, 0.1) is 0 Å². The Balaban J connectivity index is 2.60. The van der Waals surface area contributed by atoms with Gasteiger partial charge in [0.15, 0.2) is 6.29 Å². The lowest BCUT2D eigenvalue weighted by Gasteiger charge is -2.08. The van der Waals surface area contributed by atoms with Gasteiger partial charge in [-0.15, -0.1) is 0 Å². The van der Waals surface area contributed by atoms with Gasteiger partial charge in [0.2, 0.25) is 0 Å². The van der Waals surface area contributed by atoms with E-state index in [9.17, 15) is 9.59 Å². The summed E-state index contributed by atoms with van der Waals surface area (Å²) in [6.45, 7) is 1.44. The molecule has 0 aliphatic heterocycles. The number of benzene rings is 1. The van der Waals surface area contributed by atoms with Crippen molar-refractivity contribution < 1.29 is 19.4 Å². The van der Waals surface area contributed by atoms with E-state index in [-0.39, 0.29) is 11.4 Å². The molecule has 7 heteroatoms. The van der Waals surface area contributed by atoms with Crippen LogP contribution < -0.4 is 10.5 Å². The topological polar surface area (TPSA) is 107 Å². The minimum absolute atomic E-state index is 0.0257. The Kier molecular flexibility index (Phi) is 3.93. The molecule has 2 rings (SSSR count). The molecule has 0 fully saturated rings. The van der Waals surface area contributed by atoms with Gasteiger partial charge in [-0.25, -0.2) is 9.48 Å². The molecule has 0 aliphatic carbocycles. The molecule has 110 valence electrons. The summed E-state index contributed by atoms with van der Waals surface area (Å²) >= 11 is 0. The van der Waals surface area contributed by atoms with Gasteiger partial charge in [-0.3, -0.25) is 4.79 Å². The zero-order valence-corrected chi connectivity index (χ0v) is 11.6. The number of nitrogens with two attached hydrogens (primary N) is 1. The Bertz CT molecular complexity index is 694. The van der Waals surface area contributed by atoms with Crippen molar-refractivity contribution in [1.82, 2.24) is 9.78 Å². The van der Waals surface area contributed by atoms with Crippen molar-refractivity contribution in [3.8, 4) is 17.0 Å². The van der Waals surface area contributed by atoms with Crippen LogP contribution in [0.3, 0.4) is 0 Å². The number of rotatable bonds is 5. The first-order valence-electron chi connectivity index (χ1n) is 6.20. The second-order valence-corrected chi connectivity index (χ2v) is 4.46.